The second-order valence-corrected chi connectivity index (χ2v) is 3.81. The van der Waals surface area contributed by atoms with Crippen LogP contribution in [0.3, 0.4) is 0 Å². The standard InChI is InChI=1S/C7H7Cl.C7H8/c1-6-4-2-3-5-7(6)8;1-7-5-3-2-4-6-7/h2-5H,1H3;2-6H,1H3. The minimum atomic E-state index is 0.840. The fourth-order valence-corrected chi connectivity index (χ4v) is 1.22. The normalized spacial score (nSPS) is 9.00. The van der Waals surface area contributed by atoms with Crippen LogP contribution in [0.4, 0.5) is 0 Å². The molecule has 0 radical (unpaired) electrons. The summed E-state index contributed by atoms with van der Waals surface area (Å²) in [6.07, 6.45) is 0. The molecule has 0 atom stereocenters. The number of rotatable bonds is 0. The molecule has 1 heteroatoms. The molecule has 0 bridgehead atoms. The molecule has 0 spiro atoms. The lowest BCUT2D eigenvalue weighted by Crippen LogP contribution is -1.68. The summed E-state index contributed by atoms with van der Waals surface area (Å²) < 4.78 is 0. The number of benzene rings is 2. The summed E-state index contributed by atoms with van der Waals surface area (Å²) in [6, 6.07) is 18.0. The highest BCUT2D eigenvalue weighted by Gasteiger charge is 1.86. The average molecular weight is 219 g/mol. The maximum absolute atomic E-state index is 5.71. The molecule has 0 heterocycles. The van der Waals surface area contributed by atoms with E-state index in [1.54, 1.807) is 0 Å². The highest BCUT2D eigenvalue weighted by atomic mass is 35.5. The van der Waals surface area contributed by atoms with Crippen LogP contribution in [-0.4, -0.2) is 0 Å². The lowest BCUT2D eigenvalue weighted by atomic mass is 10.2. The van der Waals surface area contributed by atoms with Gasteiger partial charge in [-0.3, -0.25) is 0 Å². The molecule has 0 N–H and O–H groups in total. The molecule has 0 fully saturated rings. The number of hydrogen-bond acceptors (Lipinski definition) is 0. The van der Waals surface area contributed by atoms with Crippen LogP contribution >= 0.6 is 11.6 Å². The minimum absolute atomic E-state index is 0.840. The van der Waals surface area contributed by atoms with E-state index in [1.165, 1.54) is 5.56 Å². The zero-order valence-corrected chi connectivity index (χ0v) is 9.83. The van der Waals surface area contributed by atoms with Crippen molar-refractivity contribution in [2.24, 2.45) is 0 Å². The molecule has 0 aliphatic heterocycles. The van der Waals surface area contributed by atoms with Gasteiger partial charge in [0.2, 0.25) is 0 Å². The van der Waals surface area contributed by atoms with Gasteiger partial charge >= 0.3 is 0 Å². The molecule has 0 nitrogen and oxygen atoms in total. The summed E-state index contributed by atoms with van der Waals surface area (Å²) in [5.74, 6) is 0. The molecule has 2 aromatic carbocycles. The molecule has 0 aliphatic rings. The predicted molar refractivity (Wildman–Crippen MR) is 67.4 cm³/mol. The first kappa shape index (κ1) is 11.8. The molecule has 2 rings (SSSR count). The Labute approximate surface area is 96.5 Å². The summed E-state index contributed by atoms with van der Waals surface area (Å²) in [5, 5.41) is 0.840. The number of halogens is 1. The van der Waals surface area contributed by atoms with Crippen molar-refractivity contribution in [3.63, 3.8) is 0 Å². The first-order chi connectivity index (χ1) is 7.20. The molecule has 78 valence electrons. The SMILES string of the molecule is Cc1ccccc1.Cc1ccccc1Cl. The first-order valence-corrected chi connectivity index (χ1v) is 5.30. The van der Waals surface area contributed by atoms with Gasteiger partial charge in [0.15, 0.2) is 0 Å². The van der Waals surface area contributed by atoms with E-state index in [0.717, 1.165) is 10.6 Å². The van der Waals surface area contributed by atoms with Crippen LogP contribution in [0.25, 0.3) is 0 Å². The highest BCUT2D eigenvalue weighted by Crippen LogP contribution is 2.11. The topological polar surface area (TPSA) is 0 Å². The lowest BCUT2D eigenvalue weighted by Gasteiger charge is -1.90. The van der Waals surface area contributed by atoms with E-state index in [-0.39, 0.29) is 0 Å². The molecule has 0 amide bonds. The maximum atomic E-state index is 5.71. The van der Waals surface area contributed by atoms with E-state index < -0.39 is 0 Å². The van der Waals surface area contributed by atoms with Crippen molar-refractivity contribution in [2.75, 3.05) is 0 Å². The van der Waals surface area contributed by atoms with Crippen LogP contribution in [0.15, 0.2) is 54.6 Å². The fraction of sp³-hybridized carbons (Fsp3) is 0.143. The quantitative estimate of drug-likeness (QED) is 0.604. The van der Waals surface area contributed by atoms with Gasteiger partial charge < -0.3 is 0 Å². The minimum Gasteiger partial charge on any atom is -0.0841 e. The zero-order chi connectivity index (χ0) is 11.1. The Bertz CT molecular complexity index is 372. The van der Waals surface area contributed by atoms with E-state index in [2.05, 4.69) is 19.1 Å². The molecule has 0 unspecified atom stereocenters. The Morgan fingerprint density at radius 1 is 0.733 bits per heavy atom. The van der Waals surface area contributed by atoms with Crippen molar-refractivity contribution in [3.8, 4) is 0 Å². The van der Waals surface area contributed by atoms with Gasteiger partial charge in [-0.1, -0.05) is 65.7 Å². The molecule has 0 aliphatic carbocycles. The molecule has 0 saturated carbocycles. The van der Waals surface area contributed by atoms with Crippen molar-refractivity contribution < 1.29 is 0 Å². The van der Waals surface area contributed by atoms with Crippen LogP contribution in [-0.2, 0) is 0 Å². The van der Waals surface area contributed by atoms with Crippen LogP contribution in [0, 0.1) is 13.8 Å². The Morgan fingerprint density at radius 3 is 1.60 bits per heavy atom. The Balaban J connectivity index is 0.000000151. The summed E-state index contributed by atoms with van der Waals surface area (Å²) in [4.78, 5) is 0. The van der Waals surface area contributed by atoms with Gasteiger partial charge in [-0.15, -0.1) is 0 Å². The predicted octanol–water partition coefficient (Wildman–Crippen LogP) is 4.64. The van der Waals surface area contributed by atoms with Crippen molar-refractivity contribution in [1.29, 1.82) is 0 Å². The van der Waals surface area contributed by atoms with Crippen LogP contribution in [0.5, 0.6) is 0 Å². The Kier molecular flexibility index (Phi) is 4.92. The summed E-state index contributed by atoms with van der Waals surface area (Å²) >= 11 is 5.71. The molecule has 0 aromatic heterocycles. The molecule has 0 saturated heterocycles. The Hall–Kier alpha value is -1.27. The van der Waals surface area contributed by atoms with Crippen molar-refractivity contribution in [2.45, 2.75) is 13.8 Å². The van der Waals surface area contributed by atoms with Crippen LogP contribution in [0.1, 0.15) is 11.1 Å². The van der Waals surface area contributed by atoms with Gasteiger partial charge in [0.25, 0.3) is 0 Å². The third-order valence-corrected chi connectivity index (χ3v) is 2.44. The largest absolute Gasteiger partial charge is 0.0841 e. The van der Waals surface area contributed by atoms with Gasteiger partial charge in [-0.25, -0.2) is 0 Å². The molecular weight excluding hydrogens is 204 g/mol. The molecule has 15 heavy (non-hydrogen) atoms. The summed E-state index contributed by atoms with van der Waals surface area (Å²) in [5.41, 5.74) is 2.46. The van der Waals surface area contributed by atoms with Crippen molar-refractivity contribution >= 4 is 11.6 Å². The van der Waals surface area contributed by atoms with Crippen molar-refractivity contribution in [3.05, 3.63) is 70.7 Å². The monoisotopic (exact) mass is 218 g/mol. The third-order valence-electron chi connectivity index (χ3n) is 2.02. The zero-order valence-electron chi connectivity index (χ0n) is 9.07. The second kappa shape index (κ2) is 6.26. The van der Waals surface area contributed by atoms with Crippen LogP contribution < -0.4 is 0 Å². The first-order valence-electron chi connectivity index (χ1n) is 4.93. The third kappa shape index (κ3) is 4.66. The summed E-state index contributed by atoms with van der Waals surface area (Å²) in [6.45, 7) is 4.07. The second-order valence-electron chi connectivity index (χ2n) is 3.40. The van der Waals surface area contributed by atoms with Gasteiger partial charge in [-0.2, -0.15) is 0 Å². The molecular formula is C14H15Cl. The number of aryl methyl sites for hydroxylation is 2. The average Bonchev–Trinajstić information content (AvgIpc) is 2.25. The fourth-order valence-electron chi connectivity index (χ4n) is 1.09. The van der Waals surface area contributed by atoms with E-state index in [4.69, 9.17) is 11.6 Å². The maximum Gasteiger partial charge on any atom is 0.0435 e. The van der Waals surface area contributed by atoms with E-state index in [0.29, 0.717) is 0 Å². The van der Waals surface area contributed by atoms with Crippen LogP contribution in [0.2, 0.25) is 5.02 Å². The van der Waals surface area contributed by atoms with Gasteiger partial charge in [0.05, 0.1) is 0 Å². The van der Waals surface area contributed by atoms with E-state index in [9.17, 15) is 0 Å². The van der Waals surface area contributed by atoms with E-state index >= 15 is 0 Å². The Morgan fingerprint density at radius 2 is 1.27 bits per heavy atom. The van der Waals surface area contributed by atoms with Gasteiger partial charge in [0, 0.05) is 5.02 Å². The summed E-state index contributed by atoms with van der Waals surface area (Å²) in [7, 11) is 0. The highest BCUT2D eigenvalue weighted by molar-refractivity contribution is 6.31. The smallest absolute Gasteiger partial charge is 0.0435 e. The van der Waals surface area contributed by atoms with Gasteiger partial charge in [0.1, 0.15) is 0 Å². The number of hydrogen-bond donors (Lipinski definition) is 0. The lowest BCUT2D eigenvalue weighted by molar-refractivity contribution is 1.47. The molecule has 2 aromatic rings. The van der Waals surface area contributed by atoms with Crippen molar-refractivity contribution in [1.82, 2.24) is 0 Å². The van der Waals surface area contributed by atoms with Gasteiger partial charge in [-0.05, 0) is 25.5 Å². The van der Waals surface area contributed by atoms with E-state index in [1.807, 2.05) is 49.4 Å².